The Morgan fingerprint density at radius 1 is 1.43 bits per heavy atom. The third-order valence-electron chi connectivity index (χ3n) is 3.20. The van der Waals surface area contributed by atoms with E-state index in [9.17, 15) is 4.79 Å². The number of hydrogen-bond donors (Lipinski definition) is 2. The number of anilines is 1. The van der Waals surface area contributed by atoms with Gasteiger partial charge in [0.05, 0.1) is 11.9 Å². The number of carbonyl (C=O) groups excluding carboxylic acids is 1. The fourth-order valence-electron chi connectivity index (χ4n) is 2.19. The van der Waals surface area contributed by atoms with Gasteiger partial charge in [0.2, 0.25) is 5.91 Å². The molecule has 6 nitrogen and oxygen atoms in total. The molecule has 1 aliphatic heterocycles. The predicted molar refractivity (Wildman–Crippen MR) is 98.2 cm³/mol. The molecule has 0 saturated carbocycles. The fraction of sp³-hybridized carbons (Fsp3) is 0.357. The lowest BCUT2D eigenvalue weighted by Crippen LogP contribution is -2.39. The van der Waals surface area contributed by atoms with Gasteiger partial charge in [0.1, 0.15) is 0 Å². The van der Waals surface area contributed by atoms with Gasteiger partial charge < -0.3 is 10.6 Å². The molecule has 0 bridgehead atoms. The normalized spacial score (nSPS) is 16.8. The van der Waals surface area contributed by atoms with E-state index in [0.29, 0.717) is 12.1 Å². The van der Waals surface area contributed by atoms with Gasteiger partial charge in [-0.2, -0.15) is 16.9 Å². The minimum Gasteiger partial charge on any atom is -0.325 e. The maximum atomic E-state index is 12.0. The molecule has 9 heteroatoms. The minimum atomic E-state index is 0. The summed E-state index contributed by atoms with van der Waals surface area (Å²) in [7, 11) is 0. The maximum absolute atomic E-state index is 12.0. The fourth-order valence-corrected chi connectivity index (χ4v) is 3.14. The Labute approximate surface area is 151 Å². The highest BCUT2D eigenvalue weighted by molar-refractivity contribution is 7.99. The molecule has 1 aliphatic rings. The number of halogens is 2. The second-order valence-corrected chi connectivity index (χ2v) is 5.98. The summed E-state index contributed by atoms with van der Waals surface area (Å²) >= 11 is 1.89. The number of nitrogens with one attached hydrogen (secondary N) is 2. The lowest BCUT2D eigenvalue weighted by molar-refractivity contribution is -0.116. The molecule has 1 amide bonds. The molecule has 3 rings (SSSR count). The van der Waals surface area contributed by atoms with Gasteiger partial charge >= 0.3 is 0 Å². The van der Waals surface area contributed by atoms with E-state index in [1.807, 2.05) is 36.2 Å². The van der Waals surface area contributed by atoms with E-state index >= 15 is 0 Å². The Bertz CT molecular complexity index is 588. The van der Waals surface area contributed by atoms with Gasteiger partial charge in [0.25, 0.3) is 0 Å². The molecule has 0 radical (unpaired) electrons. The van der Waals surface area contributed by atoms with Crippen molar-refractivity contribution >= 4 is 48.2 Å². The van der Waals surface area contributed by atoms with Crippen molar-refractivity contribution in [1.29, 1.82) is 0 Å². The zero-order chi connectivity index (χ0) is 14.5. The first-order valence-electron chi connectivity index (χ1n) is 6.88. The van der Waals surface area contributed by atoms with Gasteiger partial charge in [-0.25, -0.2) is 9.67 Å². The van der Waals surface area contributed by atoms with Crippen LogP contribution in [0.2, 0.25) is 0 Å². The Hall–Kier alpha value is -1.28. The quantitative estimate of drug-likeness (QED) is 0.856. The number of carbonyl (C=O) groups is 1. The molecule has 1 saturated heterocycles. The van der Waals surface area contributed by atoms with Crippen molar-refractivity contribution in [2.24, 2.45) is 0 Å². The average Bonchev–Trinajstić information content (AvgIpc) is 3.03. The number of nitrogens with zero attached hydrogens (tertiary/aromatic N) is 3. The number of rotatable bonds is 4. The van der Waals surface area contributed by atoms with Crippen LogP contribution in [-0.2, 0) is 4.79 Å². The van der Waals surface area contributed by atoms with Gasteiger partial charge in [0, 0.05) is 42.9 Å². The molecule has 1 atom stereocenters. The van der Waals surface area contributed by atoms with E-state index in [0.717, 1.165) is 23.9 Å². The van der Waals surface area contributed by atoms with Gasteiger partial charge in [-0.15, -0.1) is 24.8 Å². The van der Waals surface area contributed by atoms with E-state index in [4.69, 9.17) is 0 Å². The average molecular weight is 376 g/mol. The van der Waals surface area contributed by atoms with Crippen molar-refractivity contribution in [3.05, 3.63) is 36.8 Å². The van der Waals surface area contributed by atoms with Crippen molar-refractivity contribution in [3.63, 3.8) is 0 Å². The van der Waals surface area contributed by atoms with E-state index in [2.05, 4.69) is 20.7 Å². The highest BCUT2D eigenvalue weighted by Crippen LogP contribution is 2.13. The Balaban J connectivity index is 0.00000132. The molecule has 0 aromatic carbocycles. The second-order valence-electron chi connectivity index (χ2n) is 4.83. The van der Waals surface area contributed by atoms with Crippen molar-refractivity contribution in [2.75, 3.05) is 23.4 Å². The number of thioether (sulfide) groups is 1. The highest BCUT2D eigenvalue weighted by atomic mass is 35.5. The minimum absolute atomic E-state index is 0. The first-order valence-corrected chi connectivity index (χ1v) is 8.04. The molecule has 3 heterocycles. The van der Waals surface area contributed by atoms with Crippen molar-refractivity contribution < 1.29 is 4.79 Å². The zero-order valence-electron chi connectivity index (χ0n) is 12.3. The van der Waals surface area contributed by atoms with Crippen molar-refractivity contribution in [3.8, 4) is 5.82 Å². The van der Waals surface area contributed by atoms with Crippen LogP contribution >= 0.6 is 36.6 Å². The van der Waals surface area contributed by atoms with E-state index in [1.54, 1.807) is 17.1 Å². The lowest BCUT2D eigenvalue weighted by Gasteiger charge is -2.22. The molecular weight excluding hydrogens is 357 g/mol. The molecule has 0 aliphatic carbocycles. The smallest absolute Gasteiger partial charge is 0.226 e. The van der Waals surface area contributed by atoms with Crippen LogP contribution in [0.15, 0.2) is 36.8 Å². The summed E-state index contributed by atoms with van der Waals surface area (Å²) in [6, 6.07) is 5.77. The van der Waals surface area contributed by atoms with Crippen LogP contribution in [0.1, 0.15) is 6.42 Å². The van der Waals surface area contributed by atoms with Gasteiger partial charge in [0.15, 0.2) is 5.82 Å². The third-order valence-corrected chi connectivity index (χ3v) is 4.33. The molecular formula is C14H19Cl2N5OS. The largest absolute Gasteiger partial charge is 0.325 e. The summed E-state index contributed by atoms with van der Waals surface area (Å²) in [5.41, 5.74) is 0.708. The molecule has 2 aromatic heterocycles. The predicted octanol–water partition coefficient (Wildman–Crippen LogP) is 2.14. The maximum Gasteiger partial charge on any atom is 0.226 e. The molecule has 1 fully saturated rings. The van der Waals surface area contributed by atoms with Crippen LogP contribution in [0.3, 0.4) is 0 Å². The molecule has 23 heavy (non-hydrogen) atoms. The molecule has 2 aromatic rings. The van der Waals surface area contributed by atoms with Crippen LogP contribution in [-0.4, -0.2) is 44.8 Å². The topological polar surface area (TPSA) is 71.8 Å². The zero-order valence-corrected chi connectivity index (χ0v) is 14.8. The Morgan fingerprint density at radius 2 is 2.30 bits per heavy atom. The molecule has 1 unspecified atom stereocenters. The number of aromatic nitrogens is 3. The summed E-state index contributed by atoms with van der Waals surface area (Å²) in [5.74, 6) is 2.85. The number of hydrogen-bond acceptors (Lipinski definition) is 5. The van der Waals surface area contributed by atoms with Crippen molar-refractivity contribution in [2.45, 2.75) is 12.5 Å². The first kappa shape index (κ1) is 19.8. The van der Waals surface area contributed by atoms with Crippen LogP contribution in [0.4, 0.5) is 5.69 Å². The SMILES string of the molecule is Cl.Cl.O=C(CC1CSCCN1)Nc1ccc(-n2cccn2)nc1. The van der Waals surface area contributed by atoms with E-state index in [1.165, 1.54) is 0 Å². The van der Waals surface area contributed by atoms with Crippen LogP contribution in [0, 0.1) is 0 Å². The standard InChI is InChI=1S/C14H17N5OS.2ClH/c20-14(8-12-10-21-7-5-15-12)18-11-2-3-13(16-9-11)19-6-1-4-17-19;;/h1-4,6,9,12,15H,5,7-8,10H2,(H,18,20);2*1H. The Kier molecular flexibility index (Phi) is 8.40. The van der Waals surface area contributed by atoms with Gasteiger partial charge in [-0.3, -0.25) is 4.79 Å². The molecule has 0 spiro atoms. The van der Waals surface area contributed by atoms with Gasteiger partial charge in [-0.1, -0.05) is 0 Å². The van der Waals surface area contributed by atoms with Crippen molar-refractivity contribution in [1.82, 2.24) is 20.1 Å². The highest BCUT2D eigenvalue weighted by Gasteiger charge is 2.16. The summed E-state index contributed by atoms with van der Waals surface area (Å²) < 4.78 is 1.68. The number of pyridine rings is 1. The summed E-state index contributed by atoms with van der Waals surface area (Å²) in [4.78, 5) is 16.3. The van der Waals surface area contributed by atoms with Gasteiger partial charge in [-0.05, 0) is 18.2 Å². The number of amides is 1. The first-order chi connectivity index (χ1) is 10.3. The molecule has 2 N–H and O–H groups in total. The lowest BCUT2D eigenvalue weighted by atomic mass is 10.2. The van der Waals surface area contributed by atoms with Crippen LogP contribution in [0.5, 0.6) is 0 Å². The van der Waals surface area contributed by atoms with Crippen LogP contribution < -0.4 is 10.6 Å². The monoisotopic (exact) mass is 375 g/mol. The third kappa shape index (κ3) is 5.69. The summed E-state index contributed by atoms with van der Waals surface area (Å²) in [6.45, 7) is 0.975. The summed E-state index contributed by atoms with van der Waals surface area (Å²) in [5, 5.41) is 10.3. The van der Waals surface area contributed by atoms with Crippen LogP contribution in [0.25, 0.3) is 5.82 Å². The van der Waals surface area contributed by atoms with E-state index in [-0.39, 0.29) is 36.8 Å². The summed E-state index contributed by atoms with van der Waals surface area (Å²) in [6.07, 6.45) is 5.67. The Morgan fingerprint density at radius 3 is 2.91 bits per heavy atom. The van der Waals surface area contributed by atoms with E-state index < -0.39 is 0 Å². The second kappa shape index (κ2) is 9.77. The molecule has 126 valence electrons.